The number of carbonyl (C=O) groups is 1. The summed E-state index contributed by atoms with van der Waals surface area (Å²) in [5.74, 6) is 1.81. The Morgan fingerprint density at radius 2 is 1.82 bits per heavy atom. The van der Waals surface area contributed by atoms with E-state index in [4.69, 9.17) is 9.47 Å². The van der Waals surface area contributed by atoms with E-state index in [0.717, 1.165) is 12.2 Å². The SMILES string of the molecule is CCCOc1ccccc1C(=O)N1C[C@@H](N(C)C)[C@H](c2ccc(OC)cc2)C1. The molecule has 0 bridgehead atoms. The second-order valence-electron chi connectivity index (χ2n) is 7.47. The standard InChI is InChI=1S/C23H30N2O3/c1-5-14-28-22-9-7-6-8-19(22)23(26)25-15-20(21(16-25)24(2)3)17-10-12-18(27-4)13-11-17/h6-13,20-21H,5,14-16H2,1-4H3/t20-,21+/m0/s1. The van der Waals surface area contributed by atoms with Gasteiger partial charge in [0.1, 0.15) is 11.5 Å². The fourth-order valence-electron chi connectivity index (χ4n) is 3.81. The van der Waals surface area contributed by atoms with E-state index in [1.54, 1.807) is 7.11 Å². The van der Waals surface area contributed by atoms with Gasteiger partial charge in [0.05, 0.1) is 19.3 Å². The summed E-state index contributed by atoms with van der Waals surface area (Å²) in [4.78, 5) is 17.4. The summed E-state index contributed by atoms with van der Waals surface area (Å²) in [6, 6.07) is 16.0. The fourth-order valence-corrected chi connectivity index (χ4v) is 3.81. The second-order valence-corrected chi connectivity index (χ2v) is 7.47. The number of rotatable bonds is 7. The lowest BCUT2D eigenvalue weighted by Gasteiger charge is -2.25. The summed E-state index contributed by atoms with van der Waals surface area (Å²) in [6.45, 7) is 4.06. The Labute approximate surface area is 167 Å². The molecule has 3 rings (SSSR count). The lowest BCUT2D eigenvalue weighted by Crippen LogP contribution is -2.36. The number of nitrogens with zero attached hydrogens (tertiary/aromatic N) is 2. The molecule has 0 aliphatic carbocycles. The van der Waals surface area contributed by atoms with Crippen LogP contribution in [0.4, 0.5) is 0 Å². The summed E-state index contributed by atoms with van der Waals surface area (Å²) in [5, 5.41) is 0. The number of amides is 1. The van der Waals surface area contributed by atoms with Gasteiger partial charge in [-0.25, -0.2) is 0 Å². The van der Waals surface area contributed by atoms with E-state index in [9.17, 15) is 4.79 Å². The van der Waals surface area contributed by atoms with Crippen molar-refractivity contribution in [3.05, 3.63) is 59.7 Å². The van der Waals surface area contributed by atoms with Crippen LogP contribution in [0, 0.1) is 0 Å². The van der Waals surface area contributed by atoms with Gasteiger partial charge < -0.3 is 19.3 Å². The van der Waals surface area contributed by atoms with E-state index in [-0.39, 0.29) is 17.9 Å². The molecule has 1 fully saturated rings. The summed E-state index contributed by atoms with van der Waals surface area (Å²) in [6.07, 6.45) is 0.911. The van der Waals surface area contributed by atoms with Crippen molar-refractivity contribution < 1.29 is 14.3 Å². The Morgan fingerprint density at radius 3 is 2.46 bits per heavy atom. The van der Waals surface area contributed by atoms with Crippen LogP contribution in [-0.2, 0) is 0 Å². The molecule has 1 aliphatic rings. The molecule has 1 saturated heterocycles. The maximum atomic E-state index is 13.3. The number of hydrogen-bond acceptors (Lipinski definition) is 4. The Kier molecular flexibility index (Phi) is 6.57. The maximum Gasteiger partial charge on any atom is 0.257 e. The number of para-hydroxylation sites is 1. The van der Waals surface area contributed by atoms with Crippen molar-refractivity contribution >= 4 is 5.91 Å². The molecule has 150 valence electrons. The molecule has 1 heterocycles. The average Bonchev–Trinajstić information content (AvgIpc) is 3.18. The van der Waals surface area contributed by atoms with E-state index >= 15 is 0 Å². The summed E-state index contributed by atoms with van der Waals surface area (Å²) in [7, 11) is 5.83. The summed E-state index contributed by atoms with van der Waals surface area (Å²) < 4.78 is 11.1. The van der Waals surface area contributed by atoms with E-state index in [0.29, 0.717) is 31.0 Å². The quantitative estimate of drug-likeness (QED) is 0.733. The maximum absolute atomic E-state index is 13.3. The molecule has 0 spiro atoms. The van der Waals surface area contributed by atoms with Crippen molar-refractivity contribution in [3.8, 4) is 11.5 Å². The van der Waals surface area contributed by atoms with Crippen molar-refractivity contribution in [1.29, 1.82) is 0 Å². The van der Waals surface area contributed by atoms with Crippen molar-refractivity contribution in [2.24, 2.45) is 0 Å². The molecule has 0 N–H and O–H groups in total. The number of hydrogen-bond donors (Lipinski definition) is 0. The zero-order valence-corrected chi connectivity index (χ0v) is 17.2. The minimum absolute atomic E-state index is 0.0366. The minimum atomic E-state index is 0.0366. The van der Waals surface area contributed by atoms with Crippen LogP contribution in [0.15, 0.2) is 48.5 Å². The molecule has 28 heavy (non-hydrogen) atoms. The van der Waals surface area contributed by atoms with Gasteiger partial charge in [-0.1, -0.05) is 31.2 Å². The van der Waals surface area contributed by atoms with Crippen molar-refractivity contribution in [2.45, 2.75) is 25.3 Å². The Bertz CT molecular complexity index is 789. The van der Waals surface area contributed by atoms with Gasteiger partial charge in [-0.3, -0.25) is 4.79 Å². The van der Waals surface area contributed by atoms with Crippen molar-refractivity contribution in [1.82, 2.24) is 9.80 Å². The van der Waals surface area contributed by atoms with Gasteiger partial charge in [0.2, 0.25) is 0 Å². The molecule has 2 aromatic carbocycles. The Balaban J connectivity index is 1.82. The molecule has 1 amide bonds. The number of likely N-dealkylation sites (N-methyl/N-ethyl adjacent to an activating group) is 1. The molecular weight excluding hydrogens is 352 g/mol. The molecule has 2 atom stereocenters. The monoisotopic (exact) mass is 382 g/mol. The second kappa shape index (κ2) is 9.11. The smallest absolute Gasteiger partial charge is 0.257 e. The van der Waals surface area contributed by atoms with Crippen LogP contribution in [0.2, 0.25) is 0 Å². The molecule has 0 unspecified atom stereocenters. The third-order valence-electron chi connectivity index (χ3n) is 5.36. The van der Waals surface area contributed by atoms with Crippen LogP contribution in [0.3, 0.4) is 0 Å². The highest BCUT2D eigenvalue weighted by Crippen LogP contribution is 2.33. The largest absolute Gasteiger partial charge is 0.497 e. The average molecular weight is 383 g/mol. The van der Waals surface area contributed by atoms with Crippen LogP contribution >= 0.6 is 0 Å². The normalized spacial score (nSPS) is 19.1. The Hall–Kier alpha value is -2.53. The van der Waals surface area contributed by atoms with E-state index < -0.39 is 0 Å². The van der Waals surface area contributed by atoms with Gasteiger partial charge in [0.15, 0.2) is 0 Å². The van der Waals surface area contributed by atoms with Crippen molar-refractivity contribution in [2.75, 3.05) is 40.9 Å². The van der Waals surface area contributed by atoms with Gasteiger partial charge in [-0.15, -0.1) is 0 Å². The van der Waals surface area contributed by atoms with E-state index in [2.05, 4.69) is 38.1 Å². The number of ether oxygens (including phenoxy) is 2. The van der Waals surface area contributed by atoms with Crippen LogP contribution in [0.1, 0.15) is 35.2 Å². The summed E-state index contributed by atoms with van der Waals surface area (Å²) in [5.41, 5.74) is 1.87. The van der Waals surface area contributed by atoms with Crippen LogP contribution in [-0.4, -0.2) is 62.7 Å². The zero-order chi connectivity index (χ0) is 20.1. The molecule has 5 heteroatoms. The van der Waals surface area contributed by atoms with Gasteiger partial charge >= 0.3 is 0 Å². The topological polar surface area (TPSA) is 42.0 Å². The highest BCUT2D eigenvalue weighted by atomic mass is 16.5. The van der Waals surface area contributed by atoms with Crippen LogP contribution in [0.5, 0.6) is 11.5 Å². The van der Waals surface area contributed by atoms with Gasteiger partial charge in [0, 0.05) is 25.0 Å². The molecule has 1 aliphatic heterocycles. The van der Waals surface area contributed by atoms with E-state index in [1.807, 2.05) is 41.3 Å². The first-order valence-corrected chi connectivity index (χ1v) is 9.86. The molecular formula is C23H30N2O3. The van der Waals surface area contributed by atoms with Crippen molar-refractivity contribution in [3.63, 3.8) is 0 Å². The minimum Gasteiger partial charge on any atom is -0.497 e. The van der Waals surface area contributed by atoms with Gasteiger partial charge in [0.25, 0.3) is 5.91 Å². The highest BCUT2D eigenvalue weighted by molar-refractivity contribution is 5.97. The molecule has 0 radical (unpaired) electrons. The first-order valence-electron chi connectivity index (χ1n) is 9.86. The number of likely N-dealkylation sites (tertiary alicyclic amines) is 1. The zero-order valence-electron chi connectivity index (χ0n) is 17.2. The van der Waals surface area contributed by atoms with E-state index in [1.165, 1.54) is 5.56 Å². The molecule has 0 saturated carbocycles. The fraction of sp³-hybridized carbons (Fsp3) is 0.435. The number of methoxy groups -OCH3 is 1. The lowest BCUT2D eigenvalue weighted by atomic mass is 9.93. The predicted octanol–water partition coefficient (Wildman–Crippen LogP) is 3.65. The first-order chi connectivity index (χ1) is 13.5. The number of benzene rings is 2. The third-order valence-corrected chi connectivity index (χ3v) is 5.36. The first kappa shape index (κ1) is 20.2. The third kappa shape index (κ3) is 4.30. The van der Waals surface area contributed by atoms with Gasteiger partial charge in [-0.05, 0) is 50.3 Å². The summed E-state index contributed by atoms with van der Waals surface area (Å²) >= 11 is 0. The predicted molar refractivity (Wildman–Crippen MR) is 111 cm³/mol. The van der Waals surface area contributed by atoms with Gasteiger partial charge in [-0.2, -0.15) is 0 Å². The molecule has 2 aromatic rings. The highest BCUT2D eigenvalue weighted by Gasteiger charge is 2.38. The number of carbonyl (C=O) groups excluding carboxylic acids is 1. The molecule has 5 nitrogen and oxygen atoms in total. The van der Waals surface area contributed by atoms with Crippen LogP contribution < -0.4 is 9.47 Å². The van der Waals surface area contributed by atoms with Crippen LogP contribution in [0.25, 0.3) is 0 Å². The molecule has 0 aromatic heterocycles. The Morgan fingerprint density at radius 1 is 1.11 bits per heavy atom. The lowest BCUT2D eigenvalue weighted by molar-refractivity contribution is 0.0778.